The molecule has 3 nitrogen and oxygen atoms in total. The highest BCUT2D eigenvalue weighted by atomic mass is 16.2. The Kier molecular flexibility index (Phi) is 8.15. The fraction of sp³-hybridized carbons (Fsp3) is 0.696. The molecule has 1 aliphatic rings. The third-order valence-corrected chi connectivity index (χ3v) is 6.19. The van der Waals surface area contributed by atoms with E-state index in [1.165, 1.54) is 45.2 Å². The number of unbranched alkanes of at least 4 members (excludes halogenated alkanes) is 2. The maximum Gasteiger partial charge on any atom is 0.282 e. The number of quaternary nitrogens is 1. The molecule has 1 aromatic rings. The molecular formula is C23H39N2O+. The van der Waals surface area contributed by atoms with Gasteiger partial charge < -0.3 is 9.80 Å². The predicted molar refractivity (Wildman–Crippen MR) is 111 cm³/mol. The maximum atomic E-state index is 13.5. The first-order valence-corrected chi connectivity index (χ1v) is 10.8. The molecule has 146 valence electrons. The van der Waals surface area contributed by atoms with Gasteiger partial charge in [-0.15, -0.1) is 0 Å². The molecular weight excluding hydrogens is 320 g/mol. The van der Waals surface area contributed by atoms with Gasteiger partial charge in [-0.3, -0.25) is 4.79 Å². The molecule has 0 radical (unpaired) electrons. The maximum absolute atomic E-state index is 13.5. The van der Waals surface area contributed by atoms with Crippen molar-refractivity contribution in [2.45, 2.75) is 85.1 Å². The molecule has 1 amide bonds. The topological polar surface area (TPSA) is 29.1 Å². The second-order valence-corrected chi connectivity index (χ2v) is 8.22. The van der Waals surface area contributed by atoms with Gasteiger partial charge in [-0.1, -0.05) is 44.9 Å². The van der Waals surface area contributed by atoms with Gasteiger partial charge in [0.05, 0.1) is 19.6 Å². The van der Waals surface area contributed by atoms with E-state index in [1.54, 1.807) is 0 Å². The van der Waals surface area contributed by atoms with Crippen LogP contribution in [0.25, 0.3) is 0 Å². The summed E-state index contributed by atoms with van der Waals surface area (Å²) < 4.78 is 1.02. The molecule has 1 atom stereocenters. The lowest BCUT2D eigenvalue weighted by Gasteiger charge is -2.46. The molecule has 1 aliphatic heterocycles. The van der Waals surface area contributed by atoms with E-state index in [0.717, 1.165) is 47.1 Å². The van der Waals surface area contributed by atoms with E-state index in [2.05, 4.69) is 51.2 Å². The lowest BCUT2D eigenvalue weighted by atomic mass is 9.97. The van der Waals surface area contributed by atoms with Crippen molar-refractivity contribution in [1.29, 1.82) is 0 Å². The number of carbonyl (C=O) groups is 1. The Balaban J connectivity index is 2.27. The molecule has 0 aromatic heterocycles. The Morgan fingerprint density at radius 3 is 2.23 bits per heavy atom. The number of nitrogens with zero attached hydrogens (tertiary/aromatic N) is 1. The van der Waals surface area contributed by atoms with Crippen LogP contribution in [0.2, 0.25) is 0 Å². The highest BCUT2D eigenvalue weighted by Gasteiger charge is 2.41. The second kappa shape index (κ2) is 10.1. The molecule has 1 N–H and O–H groups in total. The van der Waals surface area contributed by atoms with Crippen molar-refractivity contribution in [3.63, 3.8) is 0 Å². The normalized spacial score (nSPS) is 17.7. The zero-order chi connectivity index (χ0) is 19.0. The fourth-order valence-corrected chi connectivity index (χ4v) is 4.58. The third kappa shape index (κ3) is 5.09. The fourth-order valence-electron chi connectivity index (χ4n) is 4.58. The molecule has 0 aliphatic carbocycles. The Morgan fingerprint density at radius 1 is 1.04 bits per heavy atom. The zero-order valence-electron chi connectivity index (χ0n) is 17.4. The van der Waals surface area contributed by atoms with Crippen molar-refractivity contribution in [2.75, 3.05) is 25.0 Å². The number of rotatable bonds is 9. The highest BCUT2D eigenvalue weighted by molar-refractivity contribution is 5.95. The molecule has 1 aromatic carbocycles. The minimum atomic E-state index is 0.0980. The summed E-state index contributed by atoms with van der Waals surface area (Å²) >= 11 is 0. The average Bonchev–Trinajstić information content (AvgIpc) is 2.64. The summed E-state index contributed by atoms with van der Waals surface area (Å²) in [4.78, 5) is 13.5. The van der Waals surface area contributed by atoms with Crippen LogP contribution in [0.3, 0.4) is 0 Å². The number of carbonyl (C=O) groups excluding carboxylic acids is 1. The Morgan fingerprint density at radius 2 is 1.65 bits per heavy atom. The number of anilines is 1. The minimum Gasteiger partial charge on any atom is -0.320 e. The Bertz CT molecular complexity index is 555. The summed E-state index contributed by atoms with van der Waals surface area (Å²) in [6.45, 7) is 12.2. The van der Waals surface area contributed by atoms with Crippen molar-refractivity contribution < 1.29 is 9.28 Å². The molecule has 26 heavy (non-hydrogen) atoms. The van der Waals surface area contributed by atoms with Crippen LogP contribution in [0.1, 0.15) is 76.3 Å². The molecule has 0 spiro atoms. The first-order valence-electron chi connectivity index (χ1n) is 10.8. The lowest BCUT2D eigenvalue weighted by Crippen LogP contribution is -2.62. The smallest absolute Gasteiger partial charge is 0.282 e. The van der Waals surface area contributed by atoms with E-state index >= 15 is 0 Å². The number of hydrogen-bond acceptors (Lipinski definition) is 1. The number of aryl methyl sites for hydroxylation is 2. The summed E-state index contributed by atoms with van der Waals surface area (Å²) in [7, 11) is 0. The van der Waals surface area contributed by atoms with E-state index in [4.69, 9.17) is 0 Å². The number of piperidine rings is 1. The Hall–Kier alpha value is -1.35. The van der Waals surface area contributed by atoms with E-state index in [9.17, 15) is 4.79 Å². The molecule has 1 saturated heterocycles. The van der Waals surface area contributed by atoms with E-state index in [1.807, 2.05) is 0 Å². The van der Waals surface area contributed by atoms with Crippen molar-refractivity contribution in [3.8, 4) is 0 Å². The van der Waals surface area contributed by atoms with Crippen molar-refractivity contribution >= 4 is 11.6 Å². The number of likely N-dealkylation sites (tertiary alicyclic amines) is 1. The van der Waals surface area contributed by atoms with Gasteiger partial charge in [0.25, 0.3) is 5.91 Å². The second-order valence-electron chi connectivity index (χ2n) is 8.22. The predicted octanol–water partition coefficient (Wildman–Crippen LogP) is 5.60. The SMILES string of the molecule is CCCCC(C(=O)Nc1c(C)cccc1C)[N+]1(CCCC)CCCCC1. The van der Waals surface area contributed by atoms with Crippen LogP contribution in [0.15, 0.2) is 18.2 Å². The number of amides is 1. The van der Waals surface area contributed by atoms with Crippen LogP contribution < -0.4 is 5.32 Å². The molecule has 0 saturated carbocycles. The number of para-hydroxylation sites is 1. The van der Waals surface area contributed by atoms with Crippen LogP contribution in [0.4, 0.5) is 5.69 Å². The monoisotopic (exact) mass is 359 g/mol. The van der Waals surface area contributed by atoms with Gasteiger partial charge in [0.1, 0.15) is 0 Å². The van der Waals surface area contributed by atoms with Crippen molar-refractivity contribution in [2.24, 2.45) is 0 Å². The summed E-state index contributed by atoms with van der Waals surface area (Å²) in [6.07, 6.45) is 9.59. The van der Waals surface area contributed by atoms with Crippen molar-refractivity contribution in [3.05, 3.63) is 29.3 Å². The summed E-state index contributed by atoms with van der Waals surface area (Å²) in [5.74, 6) is 0.244. The first kappa shape index (κ1) is 21.0. The van der Waals surface area contributed by atoms with E-state index < -0.39 is 0 Å². The largest absolute Gasteiger partial charge is 0.320 e. The van der Waals surface area contributed by atoms with Crippen LogP contribution in [0.5, 0.6) is 0 Å². The average molecular weight is 360 g/mol. The standard InChI is InChI=1S/C23H38N2O/c1-5-7-15-21(25(16-8-6-2)17-10-9-11-18-25)23(26)24-22-19(3)13-12-14-20(22)4/h12-14,21H,5-11,15-18H2,1-4H3/p+1. The van der Waals surface area contributed by atoms with Crippen LogP contribution in [0, 0.1) is 13.8 Å². The van der Waals surface area contributed by atoms with E-state index in [-0.39, 0.29) is 11.9 Å². The number of nitrogens with one attached hydrogen (secondary N) is 1. The molecule has 2 rings (SSSR count). The molecule has 1 heterocycles. The van der Waals surface area contributed by atoms with Gasteiger partial charge in [-0.05, 0) is 57.1 Å². The minimum absolute atomic E-state index is 0.0980. The zero-order valence-corrected chi connectivity index (χ0v) is 17.4. The molecule has 1 unspecified atom stereocenters. The molecule has 3 heteroatoms. The van der Waals surface area contributed by atoms with Crippen LogP contribution >= 0.6 is 0 Å². The lowest BCUT2D eigenvalue weighted by molar-refractivity contribution is -0.947. The van der Waals surface area contributed by atoms with Gasteiger partial charge in [0, 0.05) is 12.1 Å². The summed E-state index contributed by atoms with van der Waals surface area (Å²) in [5, 5.41) is 3.33. The van der Waals surface area contributed by atoms with Gasteiger partial charge in [0.15, 0.2) is 6.04 Å². The van der Waals surface area contributed by atoms with Gasteiger partial charge in [-0.25, -0.2) is 0 Å². The van der Waals surface area contributed by atoms with Gasteiger partial charge >= 0.3 is 0 Å². The summed E-state index contributed by atoms with van der Waals surface area (Å²) in [6, 6.07) is 6.34. The number of benzene rings is 1. The van der Waals surface area contributed by atoms with Gasteiger partial charge in [0.2, 0.25) is 0 Å². The quantitative estimate of drug-likeness (QED) is 0.571. The van der Waals surface area contributed by atoms with E-state index in [0.29, 0.717) is 0 Å². The Labute approximate surface area is 160 Å². The first-order chi connectivity index (χ1) is 12.5. The molecule has 0 bridgehead atoms. The van der Waals surface area contributed by atoms with Gasteiger partial charge in [-0.2, -0.15) is 0 Å². The number of hydrogen-bond donors (Lipinski definition) is 1. The molecule has 1 fully saturated rings. The van der Waals surface area contributed by atoms with Crippen LogP contribution in [-0.4, -0.2) is 36.1 Å². The van der Waals surface area contributed by atoms with Crippen molar-refractivity contribution in [1.82, 2.24) is 0 Å². The van der Waals surface area contributed by atoms with Crippen LogP contribution in [-0.2, 0) is 4.79 Å². The highest BCUT2D eigenvalue weighted by Crippen LogP contribution is 2.29. The summed E-state index contributed by atoms with van der Waals surface area (Å²) in [5.41, 5.74) is 3.34. The third-order valence-electron chi connectivity index (χ3n) is 6.19.